The zero-order chi connectivity index (χ0) is 13.1. The van der Waals surface area contributed by atoms with Crippen LogP contribution in [-0.4, -0.2) is 46.3 Å². The third-order valence-corrected chi connectivity index (χ3v) is 3.46. The van der Waals surface area contributed by atoms with E-state index in [-0.39, 0.29) is 0 Å². The largest absolute Gasteiger partial charge is 0.493 e. The van der Waals surface area contributed by atoms with Crippen molar-refractivity contribution in [2.45, 2.75) is 12.3 Å². The number of rotatable bonds is 5. The molecule has 0 aliphatic carbocycles. The Bertz CT molecular complexity index is 419. The predicted octanol–water partition coefficient (Wildman–Crippen LogP) is 2.16. The molecule has 0 saturated carbocycles. The molecule has 1 aliphatic rings. The van der Waals surface area contributed by atoms with Crippen LogP contribution in [0.3, 0.4) is 0 Å². The highest BCUT2D eigenvalue weighted by molar-refractivity contribution is 5.65. The molecule has 1 aliphatic heterocycles. The molecule has 1 heterocycles. The molecule has 1 aromatic carbocycles. The van der Waals surface area contributed by atoms with Crippen LogP contribution >= 0.6 is 0 Å². The van der Waals surface area contributed by atoms with Gasteiger partial charge in [-0.05, 0) is 38.7 Å². The standard InChI is InChI=1S/C14H22N2O2/c1-16(2)6-5-10-9-15-12-8-14(18-4)13(17-3)7-11(10)12/h7-8,10,15H,5-6,9H2,1-4H3. The van der Waals surface area contributed by atoms with Crippen LogP contribution in [0.5, 0.6) is 11.5 Å². The zero-order valence-corrected chi connectivity index (χ0v) is 11.6. The van der Waals surface area contributed by atoms with Crippen molar-refractivity contribution in [2.24, 2.45) is 0 Å². The van der Waals surface area contributed by atoms with Gasteiger partial charge in [0.1, 0.15) is 0 Å². The molecule has 2 rings (SSSR count). The minimum atomic E-state index is 0.558. The van der Waals surface area contributed by atoms with Crippen molar-refractivity contribution in [1.82, 2.24) is 4.90 Å². The smallest absolute Gasteiger partial charge is 0.162 e. The van der Waals surface area contributed by atoms with E-state index >= 15 is 0 Å². The number of hydrogen-bond donors (Lipinski definition) is 1. The second kappa shape index (κ2) is 5.48. The fraction of sp³-hybridized carbons (Fsp3) is 0.571. The molecule has 4 nitrogen and oxygen atoms in total. The van der Waals surface area contributed by atoms with Crippen molar-refractivity contribution in [2.75, 3.05) is 46.7 Å². The summed E-state index contributed by atoms with van der Waals surface area (Å²) in [6.45, 7) is 2.10. The predicted molar refractivity (Wildman–Crippen MR) is 73.9 cm³/mol. The topological polar surface area (TPSA) is 33.7 Å². The normalized spacial score (nSPS) is 17.5. The van der Waals surface area contributed by atoms with Gasteiger partial charge in [-0.25, -0.2) is 0 Å². The molecule has 100 valence electrons. The first-order valence-corrected chi connectivity index (χ1v) is 6.30. The van der Waals surface area contributed by atoms with E-state index in [0.29, 0.717) is 5.92 Å². The van der Waals surface area contributed by atoms with E-state index in [9.17, 15) is 0 Å². The van der Waals surface area contributed by atoms with Crippen LogP contribution in [0.15, 0.2) is 12.1 Å². The van der Waals surface area contributed by atoms with Crippen molar-refractivity contribution in [3.63, 3.8) is 0 Å². The minimum absolute atomic E-state index is 0.558. The summed E-state index contributed by atoms with van der Waals surface area (Å²) in [5.74, 6) is 2.16. The summed E-state index contributed by atoms with van der Waals surface area (Å²) in [5, 5.41) is 3.45. The van der Waals surface area contributed by atoms with E-state index in [1.54, 1.807) is 14.2 Å². The molecule has 0 bridgehead atoms. The van der Waals surface area contributed by atoms with E-state index in [0.717, 1.165) is 31.0 Å². The maximum absolute atomic E-state index is 5.37. The number of hydrogen-bond acceptors (Lipinski definition) is 4. The summed E-state index contributed by atoms with van der Waals surface area (Å²) < 4.78 is 10.7. The molecule has 0 fully saturated rings. The lowest BCUT2D eigenvalue weighted by molar-refractivity contribution is 0.354. The van der Waals surface area contributed by atoms with Gasteiger partial charge in [0.05, 0.1) is 14.2 Å². The van der Waals surface area contributed by atoms with Gasteiger partial charge >= 0.3 is 0 Å². The van der Waals surface area contributed by atoms with Crippen molar-refractivity contribution in [3.05, 3.63) is 17.7 Å². The van der Waals surface area contributed by atoms with Crippen LogP contribution in [0.25, 0.3) is 0 Å². The molecule has 4 heteroatoms. The van der Waals surface area contributed by atoms with Gasteiger partial charge < -0.3 is 19.7 Å². The Morgan fingerprint density at radius 1 is 1.22 bits per heavy atom. The van der Waals surface area contributed by atoms with Crippen molar-refractivity contribution < 1.29 is 9.47 Å². The molecule has 0 radical (unpaired) electrons. The first-order valence-electron chi connectivity index (χ1n) is 6.30. The number of ether oxygens (including phenoxy) is 2. The average molecular weight is 250 g/mol. The summed E-state index contributed by atoms with van der Waals surface area (Å²) in [6, 6.07) is 4.14. The molecule has 1 aromatic rings. The van der Waals surface area contributed by atoms with Crippen molar-refractivity contribution in [1.29, 1.82) is 0 Å². The Balaban J connectivity index is 2.21. The van der Waals surface area contributed by atoms with Gasteiger partial charge in [-0.3, -0.25) is 0 Å². The summed E-state index contributed by atoms with van der Waals surface area (Å²) in [6.07, 6.45) is 1.16. The Kier molecular flexibility index (Phi) is 3.97. The van der Waals surface area contributed by atoms with E-state index in [1.807, 2.05) is 6.07 Å². The first kappa shape index (κ1) is 13.0. The number of nitrogens with zero attached hydrogens (tertiary/aromatic N) is 1. The van der Waals surface area contributed by atoms with Crippen LogP contribution in [0, 0.1) is 0 Å². The Morgan fingerprint density at radius 2 is 1.89 bits per heavy atom. The van der Waals surface area contributed by atoms with Crippen LogP contribution in [-0.2, 0) is 0 Å². The highest BCUT2D eigenvalue weighted by atomic mass is 16.5. The lowest BCUT2D eigenvalue weighted by atomic mass is 9.97. The molecule has 18 heavy (non-hydrogen) atoms. The molecule has 1 atom stereocenters. The molecule has 0 amide bonds. The second-order valence-corrected chi connectivity index (χ2v) is 4.96. The number of fused-ring (bicyclic) bond motifs is 1. The van der Waals surface area contributed by atoms with Gasteiger partial charge in [0.2, 0.25) is 0 Å². The van der Waals surface area contributed by atoms with Gasteiger partial charge in [-0.2, -0.15) is 0 Å². The Hall–Kier alpha value is -1.42. The third kappa shape index (κ3) is 2.53. The quantitative estimate of drug-likeness (QED) is 0.868. The minimum Gasteiger partial charge on any atom is -0.493 e. The highest BCUT2D eigenvalue weighted by Crippen LogP contribution is 2.41. The van der Waals surface area contributed by atoms with Gasteiger partial charge in [0.25, 0.3) is 0 Å². The van der Waals surface area contributed by atoms with E-state index in [2.05, 4.69) is 30.4 Å². The molecule has 0 spiro atoms. The SMILES string of the molecule is COc1cc2c(cc1OC)C(CCN(C)C)CN2. The van der Waals surface area contributed by atoms with Crippen LogP contribution < -0.4 is 14.8 Å². The lowest BCUT2D eigenvalue weighted by Crippen LogP contribution is -2.16. The second-order valence-electron chi connectivity index (χ2n) is 4.96. The van der Waals surface area contributed by atoms with Crippen LogP contribution in [0.2, 0.25) is 0 Å². The van der Waals surface area contributed by atoms with E-state index in [1.165, 1.54) is 11.3 Å². The molecule has 0 saturated heterocycles. The van der Waals surface area contributed by atoms with Crippen LogP contribution in [0.4, 0.5) is 5.69 Å². The number of anilines is 1. The Labute approximate surface area is 109 Å². The molecular weight excluding hydrogens is 228 g/mol. The molecule has 1 N–H and O–H groups in total. The fourth-order valence-corrected chi connectivity index (χ4v) is 2.40. The van der Waals surface area contributed by atoms with Crippen LogP contribution in [0.1, 0.15) is 17.9 Å². The van der Waals surface area contributed by atoms with Gasteiger partial charge in [0.15, 0.2) is 11.5 Å². The number of methoxy groups -OCH3 is 2. The first-order chi connectivity index (χ1) is 8.65. The highest BCUT2D eigenvalue weighted by Gasteiger charge is 2.24. The molecule has 0 aromatic heterocycles. The van der Waals surface area contributed by atoms with E-state index < -0.39 is 0 Å². The molecular formula is C14H22N2O2. The zero-order valence-electron chi connectivity index (χ0n) is 11.6. The third-order valence-electron chi connectivity index (χ3n) is 3.46. The summed E-state index contributed by atoms with van der Waals surface area (Å²) in [5.41, 5.74) is 2.52. The van der Waals surface area contributed by atoms with E-state index in [4.69, 9.17) is 9.47 Å². The average Bonchev–Trinajstić information content (AvgIpc) is 2.76. The van der Waals surface area contributed by atoms with Gasteiger partial charge in [-0.1, -0.05) is 0 Å². The number of benzene rings is 1. The lowest BCUT2D eigenvalue weighted by Gasteiger charge is -2.15. The van der Waals surface area contributed by atoms with Crippen molar-refractivity contribution in [3.8, 4) is 11.5 Å². The number of nitrogens with one attached hydrogen (secondary N) is 1. The maximum Gasteiger partial charge on any atom is 0.162 e. The monoisotopic (exact) mass is 250 g/mol. The van der Waals surface area contributed by atoms with Gasteiger partial charge in [-0.15, -0.1) is 0 Å². The van der Waals surface area contributed by atoms with Gasteiger partial charge in [0, 0.05) is 24.2 Å². The van der Waals surface area contributed by atoms with Crippen molar-refractivity contribution >= 4 is 5.69 Å². The summed E-state index contributed by atoms with van der Waals surface area (Å²) in [7, 11) is 7.57. The summed E-state index contributed by atoms with van der Waals surface area (Å²) >= 11 is 0. The summed E-state index contributed by atoms with van der Waals surface area (Å²) in [4.78, 5) is 2.22. The fourth-order valence-electron chi connectivity index (χ4n) is 2.40. The Morgan fingerprint density at radius 3 is 2.50 bits per heavy atom. The molecule has 1 unspecified atom stereocenters. The maximum atomic E-state index is 5.37.